The first-order valence-electron chi connectivity index (χ1n) is 9.20. The van der Waals surface area contributed by atoms with E-state index in [4.69, 9.17) is 4.74 Å². The molecular formula is C21H25NO4S. The molecule has 2 aromatic rings. The molecular weight excluding hydrogens is 362 g/mol. The lowest BCUT2D eigenvalue weighted by Gasteiger charge is -2.38. The maximum absolute atomic E-state index is 12.3. The van der Waals surface area contributed by atoms with Gasteiger partial charge in [-0.25, -0.2) is 8.42 Å². The van der Waals surface area contributed by atoms with Gasteiger partial charge in [-0.2, -0.15) is 0 Å². The predicted molar refractivity (Wildman–Crippen MR) is 104 cm³/mol. The molecule has 1 amide bonds. The monoisotopic (exact) mass is 387 g/mol. The molecule has 0 unspecified atom stereocenters. The Morgan fingerprint density at radius 2 is 1.56 bits per heavy atom. The average molecular weight is 388 g/mol. The fourth-order valence-corrected chi connectivity index (χ4v) is 4.71. The van der Waals surface area contributed by atoms with Crippen LogP contribution in [-0.2, 0) is 24.8 Å². The first kappa shape index (κ1) is 19.6. The maximum atomic E-state index is 12.3. The van der Waals surface area contributed by atoms with E-state index < -0.39 is 9.84 Å². The van der Waals surface area contributed by atoms with E-state index in [1.165, 1.54) is 5.56 Å². The van der Waals surface area contributed by atoms with Crippen molar-refractivity contribution in [2.24, 2.45) is 0 Å². The summed E-state index contributed by atoms with van der Waals surface area (Å²) in [7, 11) is -3.45. The molecule has 6 heteroatoms. The summed E-state index contributed by atoms with van der Waals surface area (Å²) in [6.07, 6.45) is 1.62. The summed E-state index contributed by atoms with van der Waals surface area (Å²) in [4.78, 5) is 12.6. The smallest absolute Gasteiger partial charge is 0.221 e. The second-order valence-electron chi connectivity index (χ2n) is 6.92. The molecule has 1 N–H and O–H groups in total. The normalized spacial score (nSPS) is 16.6. The number of sulfone groups is 1. The summed E-state index contributed by atoms with van der Waals surface area (Å²) in [5, 5.41) is 2.96. The van der Waals surface area contributed by atoms with Gasteiger partial charge in [0.1, 0.15) is 0 Å². The van der Waals surface area contributed by atoms with Gasteiger partial charge in [-0.1, -0.05) is 48.5 Å². The number of benzene rings is 2. The zero-order valence-electron chi connectivity index (χ0n) is 15.3. The molecule has 1 heterocycles. The molecule has 3 rings (SSSR count). The predicted octanol–water partition coefficient (Wildman–Crippen LogP) is 2.72. The second-order valence-corrected chi connectivity index (χ2v) is 9.03. The van der Waals surface area contributed by atoms with Crippen molar-refractivity contribution >= 4 is 15.7 Å². The fraction of sp³-hybridized carbons (Fsp3) is 0.381. The molecule has 0 aromatic heterocycles. The van der Waals surface area contributed by atoms with Crippen molar-refractivity contribution < 1.29 is 17.9 Å². The molecule has 1 fully saturated rings. The minimum atomic E-state index is -3.45. The molecule has 144 valence electrons. The fourth-order valence-electron chi connectivity index (χ4n) is 3.45. The lowest BCUT2D eigenvalue weighted by Crippen LogP contribution is -2.44. The number of hydrogen-bond donors (Lipinski definition) is 1. The van der Waals surface area contributed by atoms with E-state index in [1.807, 2.05) is 18.2 Å². The van der Waals surface area contributed by atoms with Crippen LogP contribution in [0.4, 0.5) is 0 Å². The Morgan fingerprint density at radius 3 is 2.19 bits per heavy atom. The van der Waals surface area contributed by atoms with Gasteiger partial charge < -0.3 is 10.1 Å². The van der Waals surface area contributed by atoms with Crippen LogP contribution in [0.3, 0.4) is 0 Å². The van der Waals surface area contributed by atoms with E-state index in [0.29, 0.717) is 19.8 Å². The standard InChI is InChI=1S/C21H25NO4S/c23-20(11-16-27(24,25)19-9-5-2-6-10-19)22-17-21(12-14-26-15-13-21)18-7-3-1-4-8-18/h1-10H,11-17H2,(H,22,23). The van der Waals surface area contributed by atoms with Gasteiger partial charge >= 0.3 is 0 Å². The molecule has 0 atom stereocenters. The van der Waals surface area contributed by atoms with E-state index in [9.17, 15) is 13.2 Å². The third-order valence-corrected chi connectivity index (χ3v) is 6.89. The first-order valence-corrected chi connectivity index (χ1v) is 10.8. The summed E-state index contributed by atoms with van der Waals surface area (Å²) in [5.74, 6) is -0.430. The topological polar surface area (TPSA) is 72.5 Å². The van der Waals surface area contributed by atoms with Crippen molar-refractivity contribution in [3.8, 4) is 0 Å². The summed E-state index contributed by atoms with van der Waals surface area (Å²) < 4.78 is 30.2. The van der Waals surface area contributed by atoms with E-state index in [-0.39, 0.29) is 28.4 Å². The number of carbonyl (C=O) groups is 1. The van der Waals surface area contributed by atoms with Crippen molar-refractivity contribution in [1.29, 1.82) is 0 Å². The Morgan fingerprint density at radius 1 is 0.963 bits per heavy atom. The van der Waals surface area contributed by atoms with Gasteiger partial charge in [0.15, 0.2) is 9.84 Å². The Labute approximate surface area is 160 Å². The number of hydrogen-bond acceptors (Lipinski definition) is 4. The van der Waals surface area contributed by atoms with Gasteiger partial charge in [0.25, 0.3) is 0 Å². The van der Waals surface area contributed by atoms with E-state index in [2.05, 4.69) is 17.4 Å². The highest BCUT2D eigenvalue weighted by Gasteiger charge is 2.34. The zero-order chi connectivity index (χ0) is 19.2. The van der Waals surface area contributed by atoms with Crippen LogP contribution in [0.25, 0.3) is 0 Å². The lowest BCUT2D eigenvalue weighted by molar-refractivity contribution is -0.121. The first-order chi connectivity index (χ1) is 13.0. The minimum Gasteiger partial charge on any atom is -0.381 e. The third-order valence-electron chi connectivity index (χ3n) is 5.16. The average Bonchev–Trinajstić information content (AvgIpc) is 2.73. The van der Waals surface area contributed by atoms with Crippen LogP contribution in [0.15, 0.2) is 65.6 Å². The number of nitrogens with one attached hydrogen (secondary N) is 1. The molecule has 0 aliphatic carbocycles. The van der Waals surface area contributed by atoms with Gasteiger partial charge in [0.05, 0.1) is 10.6 Å². The van der Waals surface area contributed by atoms with Crippen molar-refractivity contribution in [1.82, 2.24) is 5.32 Å². The molecule has 1 saturated heterocycles. The highest BCUT2D eigenvalue weighted by molar-refractivity contribution is 7.91. The molecule has 27 heavy (non-hydrogen) atoms. The van der Waals surface area contributed by atoms with Crippen molar-refractivity contribution in [2.75, 3.05) is 25.5 Å². The van der Waals surface area contributed by atoms with E-state index >= 15 is 0 Å². The van der Waals surface area contributed by atoms with Crippen LogP contribution >= 0.6 is 0 Å². The molecule has 2 aromatic carbocycles. The number of ether oxygens (including phenoxy) is 1. The molecule has 1 aliphatic rings. The summed E-state index contributed by atoms with van der Waals surface area (Å²) in [6.45, 7) is 1.81. The van der Waals surface area contributed by atoms with Gasteiger partial charge in [0, 0.05) is 31.6 Å². The minimum absolute atomic E-state index is 0.0431. The molecule has 0 bridgehead atoms. The number of amides is 1. The van der Waals surface area contributed by atoms with Crippen LogP contribution < -0.4 is 5.32 Å². The third kappa shape index (κ3) is 4.96. The van der Waals surface area contributed by atoms with Crippen molar-refractivity contribution in [2.45, 2.75) is 29.6 Å². The Bertz CT molecular complexity index is 844. The van der Waals surface area contributed by atoms with Crippen LogP contribution in [0, 0.1) is 0 Å². The van der Waals surface area contributed by atoms with Gasteiger partial charge in [-0.15, -0.1) is 0 Å². The van der Waals surface area contributed by atoms with Crippen LogP contribution in [0.2, 0.25) is 0 Å². The Balaban J connectivity index is 1.60. The Kier molecular flexibility index (Phi) is 6.29. The highest BCUT2D eigenvalue weighted by atomic mass is 32.2. The van der Waals surface area contributed by atoms with Gasteiger partial charge in [-0.05, 0) is 30.5 Å². The summed E-state index contributed by atoms with van der Waals surface area (Å²) in [6, 6.07) is 18.4. The number of rotatable bonds is 7. The van der Waals surface area contributed by atoms with Crippen molar-refractivity contribution in [3.63, 3.8) is 0 Å². The largest absolute Gasteiger partial charge is 0.381 e. The molecule has 0 radical (unpaired) electrons. The Hall–Kier alpha value is -2.18. The maximum Gasteiger partial charge on any atom is 0.221 e. The van der Waals surface area contributed by atoms with Crippen LogP contribution in [0.1, 0.15) is 24.8 Å². The van der Waals surface area contributed by atoms with Gasteiger partial charge in [0.2, 0.25) is 5.91 Å². The molecule has 0 spiro atoms. The quantitative estimate of drug-likeness (QED) is 0.793. The van der Waals surface area contributed by atoms with E-state index in [0.717, 1.165) is 12.8 Å². The SMILES string of the molecule is O=C(CCS(=O)(=O)c1ccccc1)NCC1(c2ccccc2)CCOCC1. The highest BCUT2D eigenvalue weighted by Crippen LogP contribution is 2.34. The summed E-state index contributed by atoms with van der Waals surface area (Å²) >= 11 is 0. The summed E-state index contributed by atoms with van der Waals surface area (Å²) in [5.41, 5.74) is 1.03. The molecule has 1 aliphatic heterocycles. The molecule has 5 nitrogen and oxygen atoms in total. The number of carbonyl (C=O) groups excluding carboxylic acids is 1. The molecule has 0 saturated carbocycles. The van der Waals surface area contributed by atoms with Crippen LogP contribution in [-0.4, -0.2) is 39.8 Å². The van der Waals surface area contributed by atoms with Crippen molar-refractivity contribution in [3.05, 3.63) is 66.2 Å². The van der Waals surface area contributed by atoms with E-state index in [1.54, 1.807) is 30.3 Å². The zero-order valence-corrected chi connectivity index (χ0v) is 16.1. The van der Waals surface area contributed by atoms with Gasteiger partial charge in [-0.3, -0.25) is 4.79 Å². The second kappa shape index (κ2) is 8.67. The lowest BCUT2D eigenvalue weighted by atomic mass is 9.74. The van der Waals surface area contributed by atoms with Crippen LogP contribution in [0.5, 0.6) is 0 Å².